The molecule has 1 fully saturated rings. The molecule has 2 aromatic carbocycles. The molecule has 24 heavy (non-hydrogen) atoms. The summed E-state index contributed by atoms with van der Waals surface area (Å²) in [6.07, 6.45) is 1.77. The van der Waals surface area contributed by atoms with Crippen molar-refractivity contribution in [2.75, 3.05) is 19.7 Å². The number of ether oxygens (including phenoxy) is 1. The molecule has 1 aliphatic heterocycles. The van der Waals surface area contributed by atoms with Gasteiger partial charge in [-0.2, -0.15) is 0 Å². The van der Waals surface area contributed by atoms with Gasteiger partial charge < -0.3 is 10.5 Å². The summed E-state index contributed by atoms with van der Waals surface area (Å²) in [6.45, 7) is 7.01. The first kappa shape index (κ1) is 18.5. The zero-order valence-corrected chi connectivity index (χ0v) is 14.6. The standard InChI is InChI=1S/C20H24N2O.ClH/c1-2-12-23-20-11-7-6-10-17(20)13-22-14-18(19(21)15-22)16-8-4-3-5-9-16;/h2-11,18-19H,1,12-15,21H2;1H/t18-,19+;/m0./s1. The van der Waals surface area contributed by atoms with E-state index in [1.54, 1.807) is 6.08 Å². The highest BCUT2D eigenvalue weighted by atomic mass is 35.5. The Labute approximate surface area is 150 Å². The van der Waals surface area contributed by atoms with Crippen molar-refractivity contribution in [2.24, 2.45) is 5.73 Å². The van der Waals surface area contributed by atoms with Crippen LogP contribution in [-0.4, -0.2) is 30.6 Å². The highest BCUT2D eigenvalue weighted by Crippen LogP contribution is 2.29. The number of likely N-dealkylation sites (tertiary alicyclic amines) is 1. The Morgan fingerprint density at radius 2 is 1.79 bits per heavy atom. The van der Waals surface area contributed by atoms with E-state index in [1.165, 1.54) is 11.1 Å². The molecule has 0 radical (unpaired) electrons. The Morgan fingerprint density at radius 1 is 1.08 bits per heavy atom. The van der Waals surface area contributed by atoms with Gasteiger partial charge in [0.25, 0.3) is 0 Å². The number of nitrogens with two attached hydrogens (primary N) is 1. The summed E-state index contributed by atoms with van der Waals surface area (Å²) < 4.78 is 5.76. The van der Waals surface area contributed by atoms with Gasteiger partial charge in [-0.25, -0.2) is 0 Å². The van der Waals surface area contributed by atoms with Gasteiger partial charge in [0.2, 0.25) is 0 Å². The second kappa shape index (κ2) is 8.88. The first-order valence-electron chi connectivity index (χ1n) is 8.12. The zero-order chi connectivity index (χ0) is 16.1. The van der Waals surface area contributed by atoms with Crippen LogP contribution in [0.5, 0.6) is 5.75 Å². The molecule has 1 saturated heterocycles. The summed E-state index contributed by atoms with van der Waals surface area (Å²) in [5, 5.41) is 0. The van der Waals surface area contributed by atoms with Crippen LogP contribution in [0.25, 0.3) is 0 Å². The quantitative estimate of drug-likeness (QED) is 0.814. The number of nitrogens with zero attached hydrogens (tertiary/aromatic N) is 1. The van der Waals surface area contributed by atoms with E-state index in [9.17, 15) is 0 Å². The molecular formula is C20H25ClN2O. The van der Waals surface area contributed by atoms with E-state index in [1.807, 2.05) is 12.1 Å². The molecule has 0 aromatic heterocycles. The number of benzene rings is 2. The molecule has 0 aliphatic carbocycles. The number of para-hydroxylation sites is 1. The Bertz CT molecular complexity index is 647. The summed E-state index contributed by atoms with van der Waals surface area (Å²) in [6, 6.07) is 19.0. The van der Waals surface area contributed by atoms with Crippen LogP contribution in [-0.2, 0) is 6.54 Å². The second-order valence-corrected chi connectivity index (χ2v) is 6.08. The normalized spacial score (nSPS) is 20.4. The van der Waals surface area contributed by atoms with Gasteiger partial charge in [-0.1, -0.05) is 61.2 Å². The zero-order valence-electron chi connectivity index (χ0n) is 13.8. The summed E-state index contributed by atoms with van der Waals surface area (Å²) in [5.74, 6) is 1.33. The van der Waals surface area contributed by atoms with Crippen molar-refractivity contribution < 1.29 is 4.74 Å². The predicted molar refractivity (Wildman–Crippen MR) is 102 cm³/mol. The molecule has 1 aliphatic rings. The van der Waals surface area contributed by atoms with Crippen LogP contribution in [0.15, 0.2) is 67.3 Å². The van der Waals surface area contributed by atoms with Crippen LogP contribution in [0, 0.1) is 0 Å². The van der Waals surface area contributed by atoms with Crippen LogP contribution < -0.4 is 10.5 Å². The van der Waals surface area contributed by atoms with Crippen molar-refractivity contribution in [3.05, 3.63) is 78.4 Å². The van der Waals surface area contributed by atoms with E-state index in [4.69, 9.17) is 10.5 Å². The van der Waals surface area contributed by atoms with Gasteiger partial charge in [-0.15, -0.1) is 12.4 Å². The number of hydrogen-bond acceptors (Lipinski definition) is 3. The minimum Gasteiger partial charge on any atom is -0.489 e. The largest absolute Gasteiger partial charge is 0.489 e. The van der Waals surface area contributed by atoms with Crippen molar-refractivity contribution in [3.8, 4) is 5.75 Å². The first-order valence-corrected chi connectivity index (χ1v) is 8.12. The van der Waals surface area contributed by atoms with E-state index < -0.39 is 0 Å². The average molecular weight is 345 g/mol. The van der Waals surface area contributed by atoms with Crippen molar-refractivity contribution >= 4 is 12.4 Å². The smallest absolute Gasteiger partial charge is 0.124 e. The maximum Gasteiger partial charge on any atom is 0.124 e. The molecule has 0 saturated carbocycles. The Hall–Kier alpha value is -1.81. The van der Waals surface area contributed by atoms with Gasteiger partial charge in [-0.05, 0) is 11.6 Å². The molecular weight excluding hydrogens is 320 g/mol. The minimum atomic E-state index is 0. The van der Waals surface area contributed by atoms with E-state index >= 15 is 0 Å². The molecule has 2 atom stereocenters. The SMILES string of the molecule is C=CCOc1ccccc1CN1C[C@@H](N)[C@H](c2ccccc2)C1.Cl. The fraction of sp³-hybridized carbons (Fsp3) is 0.300. The highest BCUT2D eigenvalue weighted by Gasteiger charge is 2.31. The third-order valence-corrected chi connectivity index (χ3v) is 4.39. The lowest BCUT2D eigenvalue weighted by atomic mass is 9.95. The average Bonchev–Trinajstić information content (AvgIpc) is 2.95. The van der Waals surface area contributed by atoms with Gasteiger partial charge in [0.15, 0.2) is 0 Å². The monoisotopic (exact) mass is 344 g/mol. The molecule has 0 bridgehead atoms. The maximum atomic E-state index is 6.39. The molecule has 128 valence electrons. The fourth-order valence-electron chi connectivity index (χ4n) is 3.26. The van der Waals surface area contributed by atoms with Crippen LogP contribution >= 0.6 is 12.4 Å². The molecule has 2 N–H and O–H groups in total. The van der Waals surface area contributed by atoms with Crippen LogP contribution in [0.1, 0.15) is 17.0 Å². The molecule has 1 heterocycles. The van der Waals surface area contributed by atoms with Crippen molar-refractivity contribution in [2.45, 2.75) is 18.5 Å². The van der Waals surface area contributed by atoms with Crippen LogP contribution in [0.3, 0.4) is 0 Å². The summed E-state index contributed by atoms with van der Waals surface area (Å²) in [5.41, 5.74) is 8.92. The predicted octanol–water partition coefficient (Wildman–Crippen LogP) is 3.60. The lowest BCUT2D eigenvalue weighted by molar-refractivity contribution is 0.307. The second-order valence-electron chi connectivity index (χ2n) is 6.08. The Balaban J connectivity index is 0.00000208. The third-order valence-electron chi connectivity index (χ3n) is 4.39. The van der Waals surface area contributed by atoms with Gasteiger partial charge in [-0.3, -0.25) is 4.90 Å². The van der Waals surface area contributed by atoms with Crippen molar-refractivity contribution in [3.63, 3.8) is 0 Å². The summed E-state index contributed by atoms with van der Waals surface area (Å²) in [4.78, 5) is 2.42. The molecule has 3 rings (SSSR count). The van der Waals surface area contributed by atoms with Crippen LogP contribution in [0.4, 0.5) is 0 Å². The number of halogens is 1. The first-order chi connectivity index (χ1) is 11.3. The summed E-state index contributed by atoms with van der Waals surface area (Å²) in [7, 11) is 0. The Kier molecular flexibility index (Phi) is 6.85. The minimum absolute atomic E-state index is 0. The van der Waals surface area contributed by atoms with Gasteiger partial charge in [0.05, 0.1) is 0 Å². The van der Waals surface area contributed by atoms with E-state index in [0.29, 0.717) is 12.5 Å². The van der Waals surface area contributed by atoms with Crippen molar-refractivity contribution in [1.82, 2.24) is 4.90 Å². The number of hydrogen-bond donors (Lipinski definition) is 1. The van der Waals surface area contributed by atoms with E-state index in [-0.39, 0.29) is 18.4 Å². The highest BCUT2D eigenvalue weighted by molar-refractivity contribution is 5.85. The molecule has 3 nitrogen and oxygen atoms in total. The van der Waals surface area contributed by atoms with Gasteiger partial charge in [0.1, 0.15) is 12.4 Å². The van der Waals surface area contributed by atoms with Crippen LogP contribution in [0.2, 0.25) is 0 Å². The Morgan fingerprint density at radius 3 is 2.54 bits per heavy atom. The maximum absolute atomic E-state index is 6.39. The van der Waals surface area contributed by atoms with Gasteiger partial charge in [0, 0.05) is 37.2 Å². The fourth-order valence-corrected chi connectivity index (χ4v) is 3.26. The topological polar surface area (TPSA) is 38.5 Å². The molecule has 0 spiro atoms. The molecule has 4 heteroatoms. The lowest BCUT2D eigenvalue weighted by Crippen LogP contribution is -2.28. The molecule has 0 amide bonds. The lowest BCUT2D eigenvalue weighted by Gasteiger charge is -2.18. The van der Waals surface area contributed by atoms with E-state index in [0.717, 1.165) is 25.4 Å². The van der Waals surface area contributed by atoms with Gasteiger partial charge >= 0.3 is 0 Å². The number of rotatable bonds is 6. The summed E-state index contributed by atoms with van der Waals surface area (Å²) >= 11 is 0. The van der Waals surface area contributed by atoms with Crippen molar-refractivity contribution in [1.29, 1.82) is 0 Å². The third kappa shape index (κ3) is 4.38. The van der Waals surface area contributed by atoms with E-state index in [2.05, 4.69) is 53.9 Å². The molecule has 2 aromatic rings. The molecule has 0 unspecified atom stereocenters.